The summed E-state index contributed by atoms with van der Waals surface area (Å²) in [7, 11) is 0. The molecule has 1 unspecified atom stereocenters. The van der Waals surface area contributed by atoms with Crippen molar-refractivity contribution >= 4 is 10.8 Å². The standard InChI is InChI=1S/C17H23NO3/c1-2-9-18-10-16-15-6-4-3-5-13(15)7-8-17(16)21-12-14(20)11-19/h3-8,14,18-20H,2,9-12H2,1H3. The van der Waals surface area contributed by atoms with Crippen LogP contribution in [0.4, 0.5) is 0 Å². The van der Waals surface area contributed by atoms with E-state index in [0.29, 0.717) is 0 Å². The minimum Gasteiger partial charge on any atom is -0.490 e. The molecule has 0 aliphatic carbocycles. The number of hydrogen-bond donors (Lipinski definition) is 3. The van der Waals surface area contributed by atoms with Crippen molar-refractivity contribution in [3.8, 4) is 5.75 Å². The van der Waals surface area contributed by atoms with E-state index in [9.17, 15) is 5.11 Å². The lowest BCUT2D eigenvalue weighted by molar-refractivity contribution is 0.0533. The van der Waals surface area contributed by atoms with Crippen LogP contribution in [0.5, 0.6) is 5.75 Å². The first-order valence-electron chi connectivity index (χ1n) is 7.39. The van der Waals surface area contributed by atoms with E-state index in [1.54, 1.807) is 0 Å². The van der Waals surface area contributed by atoms with E-state index >= 15 is 0 Å². The summed E-state index contributed by atoms with van der Waals surface area (Å²) in [6, 6.07) is 12.1. The number of nitrogens with one attached hydrogen (secondary N) is 1. The van der Waals surface area contributed by atoms with Gasteiger partial charge in [-0.3, -0.25) is 0 Å². The van der Waals surface area contributed by atoms with Gasteiger partial charge in [-0.2, -0.15) is 0 Å². The van der Waals surface area contributed by atoms with Crippen molar-refractivity contribution in [1.29, 1.82) is 0 Å². The molecule has 0 aliphatic heterocycles. The largest absolute Gasteiger partial charge is 0.490 e. The van der Waals surface area contributed by atoms with Crippen LogP contribution in [0.1, 0.15) is 18.9 Å². The molecule has 0 saturated heterocycles. The minimum atomic E-state index is -0.854. The molecule has 4 heteroatoms. The maximum absolute atomic E-state index is 9.45. The molecule has 0 aromatic heterocycles. The minimum absolute atomic E-state index is 0.0929. The normalized spacial score (nSPS) is 12.5. The topological polar surface area (TPSA) is 61.7 Å². The monoisotopic (exact) mass is 289 g/mol. The lowest BCUT2D eigenvalue weighted by Crippen LogP contribution is -2.22. The molecule has 114 valence electrons. The molecule has 2 aromatic rings. The van der Waals surface area contributed by atoms with Crippen LogP contribution in [-0.4, -0.2) is 36.1 Å². The SMILES string of the molecule is CCCNCc1c(OCC(O)CO)ccc2ccccc12. The van der Waals surface area contributed by atoms with Gasteiger partial charge in [-0.25, -0.2) is 0 Å². The molecular formula is C17H23NO3. The van der Waals surface area contributed by atoms with Gasteiger partial charge in [0.05, 0.1) is 6.61 Å². The fraction of sp³-hybridized carbons (Fsp3) is 0.412. The fourth-order valence-electron chi connectivity index (χ4n) is 2.26. The summed E-state index contributed by atoms with van der Waals surface area (Å²) in [6.45, 7) is 3.60. The van der Waals surface area contributed by atoms with Crippen LogP contribution in [0, 0.1) is 0 Å². The molecule has 2 aromatic carbocycles. The number of hydrogen-bond acceptors (Lipinski definition) is 4. The van der Waals surface area contributed by atoms with Crippen molar-refractivity contribution in [2.24, 2.45) is 0 Å². The lowest BCUT2D eigenvalue weighted by Gasteiger charge is -2.16. The first kappa shape index (κ1) is 15.8. The van der Waals surface area contributed by atoms with Crippen LogP contribution in [0.3, 0.4) is 0 Å². The van der Waals surface area contributed by atoms with Crippen LogP contribution in [-0.2, 0) is 6.54 Å². The van der Waals surface area contributed by atoms with Crippen LogP contribution < -0.4 is 10.1 Å². The number of ether oxygens (including phenoxy) is 1. The van der Waals surface area contributed by atoms with E-state index in [1.807, 2.05) is 24.3 Å². The number of fused-ring (bicyclic) bond motifs is 1. The molecule has 3 N–H and O–H groups in total. The fourth-order valence-corrected chi connectivity index (χ4v) is 2.26. The Morgan fingerprint density at radius 2 is 2.00 bits per heavy atom. The highest BCUT2D eigenvalue weighted by molar-refractivity contribution is 5.87. The summed E-state index contributed by atoms with van der Waals surface area (Å²) in [5.41, 5.74) is 1.09. The highest BCUT2D eigenvalue weighted by Crippen LogP contribution is 2.28. The molecule has 0 aliphatic rings. The second-order valence-corrected chi connectivity index (χ2v) is 5.09. The van der Waals surface area contributed by atoms with Crippen LogP contribution in [0.15, 0.2) is 36.4 Å². The second-order valence-electron chi connectivity index (χ2n) is 5.09. The zero-order chi connectivity index (χ0) is 15.1. The van der Waals surface area contributed by atoms with Gasteiger partial charge < -0.3 is 20.3 Å². The Morgan fingerprint density at radius 3 is 2.76 bits per heavy atom. The van der Waals surface area contributed by atoms with E-state index in [4.69, 9.17) is 9.84 Å². The summed E-state index contributed by atoms with van der Waals surface area (Å²) in [5, 5.41) is 24.0. The van der Waals surface area contributed by atoms with Gasteiger partial charge in [0.1, 0.15) is 18.5 Å². The van der Waals surface area contributed by atoms with E-state index in [1.165, 1.54) is 5.39 Å². The third-order valence-electron chi connectivity index (χ3n) is 3.37. The maximum Gasteiger partial charge on any atom is 0.124 e. The third kappa shape index (κ3) is 4.17. The maximum atomic E-state index is 9.45. The molecule has 2 rings (SSSR count). The van der Waals surface area contributed by atoms with E-state index in [-0.39, 0.29) is 13.2 Å². The predicted octanol–water partition coefficient (Wildman–Crippen LogP) is 2.07. The second kappa shape index (κ2) is 7.98. The van der Waals surface area contributed by atoms with Crippen molar-refractivity contribution < 1.29 is 14.9 Å². The summed E-state index contributed by atoms with van der Waals surface area (Å²) in [6.07, 6.45) is 0.220. The molecule has 0 spiro atoms. The lowest BCUT2D eigenvalue weighted by atomic mass is 10.0. The van der Waals surface area contributed by atoms with Crippen LogP contribution in [0.2, 0.25) is 0 Å². The molecule has 0 saturated carbocycles. The molecule has 0 bridgehead atoms. The highest BCUT2D eigenvalue weighted by Gasteiger charge is 2.10. The van der Waals surface area contributed by atoms with Gasteiger partial charge in [-0.05, 0) is 29.8 Å². The van der Waals surface area contributed by atoms with Crippen molar-refractivity contribution in [1.82, 2.24) is 5.32 Å². The van der Waals surface area contributed by atoms with Gasteiger partial charge in [0.15, 0.2) is 0 Å². The molecule has 0 amide bonds. The van der Waals surface area contributed by atoms with Crippen molar-refractivity contribution in [3.63, 3.8) is 0 Å². The Kier molecular flexibility index (Phi) is 5.99. The quantitative estimate of drug-likeness (QED) is 0.651. The Hall–Kier alpha value is -1.62. The number of aliphatic hydroxyl groups excluding tert-OH is 2. The van der Waals surface area contributed by atoms with Gasteiger partial charge >= 0.3 is 0 Å². The smallest absolute Gasteiger partial charge is 0.124 e. The summed E-state index contributed by atoms with van der Waals surface area (Å²) in [5.74, 6) is 0.754. The number of rotatable bonds is 8. The first-order chi connectivity index (χ1) is 10.3. The number of benzene rings is 2. The Morgan fingerprint density at radius 1 is 1.19 bits per heavy atom. The Labute approximate surface area is 125 Å². The molecule has 1 atom stereocenters. The summed E-state index contributed by atoms with van der Waals surface area (Å²) >= 11 is 0. The average molecular weight is 289 g/mol. The highest BCUT2D eigenvalue weighted by atomic mass is 16.5. The molecular weight excluding hydrogens is 266 g/mol. The zero-order valence-corrected chi connectivity index (χ0v) is 12.4. The molecule has 0 heterocycles. The zero-order valence-electron chi connectivity index (χ0n) is 12.4. The summed E-state index contributed by atoms with van der Waals surface area (Å²) < 4.78 is 5.68. The van der Waals surface area contributed by atoms with E-state index in [2.05, 4.69) is 24.4 Å². The van der Waals surface area contributed by atoms with Crippen molar-refractivity contribution in [2.75, 3.05) is 19.8 Å². The Balaban J connectivity index is 2.27. The van der Waals surface area contributed by atoms with E-state index in [0.717, 1.165) is 36.2 Å². The first-order valence-corrected chi connectivity index (χ1v) is 7.39. The molecule has 0 fully saturated rings. The molecule has 0 radical (unpaired) electrons. The van der Waals surface area contributed by atoms with Crippen LogP contribution >= 0.6 is 0 Å². The predicted molar refractivity (Wildman–Crippen MR) is 84.5 cm³/mol. The van der Waals surface area contributed by atoms with Gasteiger partial charge in [0, 0.05) is 12.1 Å². The third-order valence-corrected chi connectivity index (χ3v) is 3.37. The van der Waals surface area contributed by atoms with Gasteiger partial charge in [-0.1, -0.05) is 37.3 Å². The average Bonchev–Trinajstić information content (AvgIpc) is 2.53. The van der Waals surface area contributed by atoms with E-state index < -0.39 is 6.10 Å². The number of aliphatic hydroxyl groups is 2. The van der Waals surface area contributed by atoms with Crippen LogP contribution in [0.25, 0.3) is 10.8 Å². The Bertz CT molecular complexity index is 571. The molecule has 21 heavy (non-hydrogen) atoms. The van der Waals surface area contributed by atoms with Crippen molar-refractivity contribution in [3.05, 3.63) is 42.0 Å². The van der Waals surface area contributed by atoms with Gasteiger partial charge in [0.2, 0.25) is 0 Å². The molecule has 4 nitrogen and oxygen atoms in total. The van der Waals surface area contributed by atoms with Gasteiger partial charge in [0.25, 0.3) is 0 Å². The van der Waals surface area contributed by atoms with Crippen molar-refractivity contribution in [2.45, 2.75) is 26.0 Å². The van der Waals surface area contributed by atoms with Gasteiger partial charge in [-0.15, -0.1) is 0 Å². The summed E-state index contributed by atoms with van der Waals surface area (Å²) in [4.78, 5) is 0.